The topological polar surface area (TPSA) is 92.4 Å². The maximum atomic E-state index is 12.4. The van der Waals surface area contributed by atoms with Crippen molar-refractivity contribution in [2.75, 3.05) is 11.5 Å². The van der Waals surface area contributed by atoms with Gasteiger partial charge in [-0.2, -0.15) is 11.8 Å². The van der Waals surface area contributed by atoms with Gasteiger partial charge in [0.25, 0.3) is 0 Å². The molecule has 1 aromatic heterocycles. The van der Waals surface area contributed by atoms with E-state index in [9.17, 15) is 14.7 Å². The number of carbonyl (C=O) groups is 2. The molecule has 7 heteroatoms. The largest absolute Gasteiger partial charge is 0.480 e. The second kappa shape index (κ2) is 7.31. The third-order valence-electron chi connectivity index (χ3n) is 4.38. The van der Waals surface area contributed by atoms with Crippen LogP contribution >= 0.6 is 11.8 Å². The predicted octanol–water partition coefficient (Wildman–Crippen LogP) is 2.66. The average Bonchev–Trinajstić information content (AvgIpc) is 2.97. The molecule has 1 aliphatic heterocycles. The zero-order chi connectivity index (χ0) is 17.9. The molecule has 2 heterocycles. The molecule has 25 heavy (non-hydrogen) atoms. The van der Waals surface area contributed by atoms with Gasteiger partial charge in [-0.05, 0) is 43.4 Å². The van der Waals surface area contributed by atoms with Gasteiger partial charge in [0.05, 0.1) is 12.1 Å². The number of aromatic nitrogens is 1. The number of rotatable bonds is 5. The summed E-state index contributed by atoms with van der Waals surface area (Å²) in [7, 11) is 0. The quantitative estimate of drug-likeness (QED) is 0.852. The minimum absolute atomic E-state index is 0.00431. The van der Waals surface area contributed by atoms with Crippen LogP contribution in [-0.4, -0.2) is 39.0 Å². The Bertz CT molecular complexity index is 767. The number of carbonyl (C=O) groups excluding carboxylic acids is 1. The molecule has 0 atom stereocenters. The fourth-order valence-electron chi connectivity index (χ4n) is 2.87. The first kappa shape index (κ1) is 17.5. The molecule has 0 spiro atoms. The number of benzene rings is 1. The summed E-state index contributed by atoms with van der Waals surface area (Å²) in [6.45, 7) is 1.76. The molecule has 1 fully saturated rings. The van der Waals surface area contributed by atoms with Crippen LogP contribution in [0, 0.1) is 6.92 Å². The third-order valence-corrected chi connectivity index (χ3v) is 5.36. The van der Waals surface area contributed by atoms with Gasteiger partial charge in [0.1, 0.15) is 11.3 Å². The molecule has 1 aromatic carbocycles. The molecule has 2 aromatic rings. The first-order chi connectivity index (χ1) is 12.0. The highest BCUT2D eigenvalue weighted by atomic mass is 32.2. The molecule has 6 nitrogen and oxygen atoms in total. The van der Waals surface area contributed by atoms with Gasteiger partial charge in [0.2, 0.25) is 11.8 Å². The summed E-state index contributed by atoms with van der Waals surface area (Å²) in [5.41, 5.74) is 0.202. The van der Waals surface area contributed by atoms with E-state index in [-0.39, 0.29) is 12.3 Å². The second-order valence-corrected chi connectivity index (χ2v) is 7.34. The Hall–Kier alpha value is -2.28. The van der Waals surface area contributed by atoms with Crippen LogP contribution in [0.15, 0.2) is 34.7 Å². The van der Waals surface area contributed by atoms with Crippen LogP contribution in [0.1, 0.15) is 24.3 Å². The number of oxazole rings is 1. The average molecular weight is 360 g/mol. The van der Waals surface area contributed by atoms with Gasteiger partial charge in [0.15, 0.2) is 0 Å². The van der Waals surface area contributed by atoms with Crippen LogP contribution in [0.5, 0.6) is 0 Å². The predicted molar refractivity (Wildman–Crippen MR) is 95.4 cm³/mol. The van der Waals surface area contributed by atoms with E-state index in [0.717, 1.165) is 17.1 Å². The number of hydrogen-bond donors (Lipinski definition) is 2. The molecule has 132 valence electrons. The summed E-state index contributed by atoms with van der Waals surface area (Å²) in [5, 5.41) is 12.3. The van der Waals surface area contributed by atoms with Crippen molar-refractivity contribution in [3.8, 4) is 11.5 Å². The zero-order valence-corrected chi connectivity index (χ0v) is 14.8. The summed E-state index contributed by atoms with van der Waals surface area (Å²) in [6, 6.07) is 9.45. The first-order valence-electron chi connectivity index (χ1n) is 8.14. The zero-order valence-electron chi connectivity index (χ0n) is 13.9. The molecular weight excluding hydrogens is 340 g/mol. The number of nitrogens with one attached hydrogen (secondary N) is 1. The van der Waals surface area contributed by atoms with Crippen LogP contribution in [-0.2, 0) is 16.0 Å². The van der Waals surface area contributed by atoms with E-state index in [1.165, 1.54) is 0 Å². The second-order valence-electron chi connectivity index (χ2n) is 6.11. The van der Waals surface area contributed by atoms with Gasteiger partial charge in [0, 0.05) is 5.56 Å². The molecule has 0 aliphatic carbocycles. The van der Waals surface area contributed by atoms with Gasteiger partial charge < -0.3 is 14.8 Å². The van der Waals surface area contributed by atoms with Crippen LogP contribution in [0.4, 0.5) is 0 Å². The van der Waals surface area contributed by atoms with Crippen molar-refractivity contribution < 1.29 is 19.1 Å². The molecule has 1 amide bonds. The highest BCUT2D eigenvalue weighted by Gasteiger charge is 2.41. The Kier molecular flexibility index (Phi) is 5.13. The van der Waals surface area contributed by atoms with Crippen molar-refractivity contribution in [1.82, 2.24) is 10.3 Å². The van der Waals surface area contributed by atoms with E-state index in [1.54, 1.807) is 18.7 Å². The molecule has 0 bridgehead atoms. The van der Waals surface area contributed by atoms with Crippen molar-refractivity contribution in [2.24, 2.45) is 0 Å². The van der Waals surface area contributed by atoms with Crippen LogP contribution < -0.4 is 5.32 Å². The molecule has 3 rings (SSSR count). The minimum Gasteiger partial charge on any atom is -0.480 e. The summed E-state index contributed by atoms with van der Waals surface area (Å²) < 4.78 is 5.65. The maximum Gasteiger partial charge on any atom is 0.329 e. The van der Waals surface area contributed by atoms with Crippen molar-refractivity contribution in [3.05, 3.63) is 41.8 Å². The van der Waals surface area contributed by atoms with Gasteiger partial charge in [-0.15, -0.1) is 0 Å². The maximum absolute atomic E-state index is 12.4. The van der Waals surface area contributed by atoms with Gasteiger partial charge >= 0.3 is 5.97 Å². The highest BCUT2D eigenvalue weighted by Crippen LogP contribution is 2.28. The SMILES string of the molecule is Cc1oc(-c2ccccc2)nc1CC(=O)NC1(C(=O)O)CCSCC1. The number of thioether (sulfide) groups is 1. The molecule has 2 N–H and O–H groups in total. The summed E-state index contributed by atoms with van der Waals surface area (Å²) in [6.07, 6.45) is 0.877. The van der Waals surface area contributed by atoms with E-state index in [1.807, 2.05) is 30.3 Å². The monoisotopic (exact) mass is 360 g/mol. The lowest BCUT2D eigenvalue weighted by Crippen LogP contribution is -2.56. The molecule has 0 radical (unpaired) electrons. The Morgan fingerprint density at radius 2 is 1.96 bits per heavy atom. The lowest BCUT2D eigenvalue weighted by atomic mass is 9.92. The Morgan fingerprint density at radius 3 is 2.60 bits per heavy atom. The van der Waals surface area contributed by atoms with Crippen molar-refractivity contribution >= 4 is 23.6 Å². The number of hydrogen-bond acceptors (Lipinski definition) is 5. The van der Waals surface area contributed by atoms with Crippen molar-refractivity contribution in [3.63, 3.8) is 0 Å². The molecule has 0 saturated carbocycles. The van der Waals surface area contributed by atoms with Crippen LogP contribution in [0.3, 0.4) is 0 Å². The molecule has 1 saturated heterocycles. The first-order valence-corrected chi connectivity index (χ1v) is 9.29. The van der Waals surface area contributed by atoms with E-state index >= 15 is 0 Å². The Morgan fingerprint density at radius 1 is 1.28 bits per heavy atom. The van der Waals surface area contributed by atoms with Crippen molar-refractivity contribution in [1.29, 1.82) is 0 Å². The number of aliphatic carboxylic acids is 1. The lowest BCUT2D eigenvalue weighted by Gasteiger charge is -2.33. The normalized spacial score (nSPS) is 16.4. The molecular formula is C18H20N2O4S. The van der Waals surface area contributed by atoms with Crippen LogP contribution in [0.2, 0.25) is 0 Å². The smallest absolute Gasteiger partial charge is 0.329 e. The Labute approximate surface area is 150 Å². The van der Waals surface area contributed by atoms with E-state index < -0.39 is 11.5 Å². The molecule has 0 unspecified atom stereocenters. The standard InChI is InChI=1S/C18H20N2O4S/c1-12-14(19-16(24-12)13-5-3-2-4-6-13)11-15(21)20-18(17(22)23)7-9-25-10-8-18/h2-6H,7-11H2,1H3,(H,20,21)(H,22,23). The fourth-order valence-corrected chi connectivity index (χ4v) is 4.06. The van der Waals surface area contributed by atoms with E-state index in [4.69, 9.17) is 4.42 Å². The number of carboxylic acids is 1. The van der Waals surface area contributed by atoms with E-state index in [2.05, 4.69) is 10.3 Å². The fraction of sp³-hybridized carbons (Fsp3) is 0.389. The lowest BCUT2D eigenvalue weighted by molar-refractivity contribution is -0.148. The van der Waals surface area contributed by atoms with E-state index in [0.29, 0.717) is 30.2 Å². The number of amides is 1. The van der Waals surface area contributed by atoms with Gasteiger partial charge in [-0.3, -0.25) is 4.79 Å². The molecule has 1 aliphatic rings. The minimum atomic E-state index is -1.16. The number of carboxylic acid groups (broad SMARTS) is 1. The summed E-state index contributed by atoms with van der Waals surface area (Å²) >= 11 is 1.71. The third kappa shape index (κ3) is 3.87. The summed E-state index contributed by atoms with van der Waals surface area (Å²) in [5.74, 6) is 1.18. The summed E-state index contributed by atoms with van der Waals surface area (Å²) in [4.78, 5) is 28.5. The van der Waals surface area contributed by atoms with Crippen molar-refractivity contribution in [2.45, 2.75) is 31.7 Å². The van der Waals surface area contributed by atoms with Gasteiger partial charge in [-0.25, -0.2) is 9.78 Å². The van der Waals surface area contributed by atoms with Crippen LogP contribution in [0.25, 0.3) is 11.5 Å². The van der Waals surface area contributed by atoms with Gasteiger partial charge in [-0.1, -0.05) is 18.2 Å². The number of aryl methyl sites for hydroxylation is 1. The Balaban J connectivity index is 1.73. The highest BCUT2D eigenvalue weighted by molar-refractivity contribution is 7.99. The number of nitrogens with zero attached hydrogens (tertiary/aromatic N) is 1.